The first kappa shape index (κ1) is 14.3. The first-order valence-corrected chi connectivity index (χ1v) is 7.68. The van der Waals surface area contributed by atoms with Gasteiger partial charge in [-0.3, -0.25) is 0 Å². The lowest BCUT2D eigenvalue weighted by atomic mass is 9.88. The molecule has 0 aromatic heterocycles. The fourth-order valence-electron chi connectivity index (χ4n) is 2.75. The topological polar surface area (TPSA) is 0 Å². The lowest BCUT2D eigenvalue weighted by Crippen LogP contribution is -1.98. The summed E-state index contributed by atoms with van der Waals surface area (Å²) in [5.74, 6) is 0.280. The van der Waals surface area contributed by atoms with Gasteiger partial charge in [-0.2, -0.15) is 0 Å². The summed E-state index contributed by atoms with van der Waals surface area (Å²) < 4.78 is 0. The molecule has 0 bridgehead atoms. The highest BCUT2D eigenvalue weighted by Crippen LogP contribution is 2.29. The van der Waals surface area contributed by atoms with E-state index in [1.165, 1.54) is 22.3 Å². The molecule has 0 aliphatic heterocycles. The zero-order chi connectivity index (χ0) is 15.2. The van der Waals surface area contributed by atoms with Gasteiger partial charge in [0.15, 0.2) is 0 Å². The second-order valence-corrected chi connectivity index (χ2v) is 5.51. The van der Waals surface area contributed by atoms with E-state index < -0.39 is 0 Å². The SMILES string of the molecule is C/C(=C/C(c1ccccc1)c1ccccc1)c1ccccc1. The van der Waals surface area contributed by atoms with E-state index in [0.717, 1.165) is 0 Å². The summed E-state index contributed by atoms with van der Waals surface area (Å²) in [4.78, 5) is 0. The second kappa shape index (κ2) is 6.91. The van der Waals surface area contributed by atoms with Crippen LogP contribution in [0.25, 0.3) is 5.57 Å². The highest BCUT2D eigenvalue weighted by molar-refractivity contribution is 5.65. The molecule has 0 aliphatic carbocycles. The summed E-state index contributed by atoms with van der Waals surface area (Å²) in [6.45, 7) is 2.19. The van der Waals surface area contributed by atoms with Crippen LogP contribution in [0, 0.1) is 0 Å². The number of allylic oxidation sites excluding steroid dienone is 2. The summed E-state index contributed by atoms with van der Waals surface area (Å²) in [5, 5.41) is 0. The van der Waals surface area contributed by atoms with Crippen molar-refractivity contribution >= 4 is 5.57 Å². The lowest BCUT2D eigenvalue weighted by Gasteiger charge is -2.16. The molecule has 0 atom stereocenters. The highest BCUT2D eigenvalue weighted by Gasteiger charge is 2.11. The maximum atomic E-state index is 2.36. The smallest absolute Gasteiger partial charge is 0.0275 e. The van der Waals surface area contributed by atoms with Crippen LogP contribution in [-0.4, -0.2) is 0 Å². The Morgan fingerprint density at radius 1 is 0.636 bits per heavy atom. The van der Waals surface area contributed by atoms with E-state index in [-0.39, 0.29) is 5.92 Å². The van der Waals surface area contributed by atoms with Crippen LogP contribution in [0.4, 0.5) is 0 Å². The van der Waals surface area contributed by atoms with Crippen LogP contribution in [-0.2, 0) is 0 Å². The Hall–Kier alpha value is -2.60. The zero-order valence-electron chi connectivity index (χ0n) is 12.8. The average molecular weight is 284 g/mol. The molecule has 0 aliphatic rings. The first-order chi connectivity index (χ1) is 10.8. The zero-order valence-corrected chi connectivity index (χ0v) is 12.8. The molecule has 22 heavy (non-hydrogen) atoms. The molecule has 0 unspecified atom stereocenters. The average Bonchev–Trinajstić information content (AvgIpc) is 2.62. The van der Waals surface area contributed by atoms with E-state index in [1.807, 2.05) is 0 Å². The van der Waals surface area contributed by atoms with Gasteiger partial charge in [-0.15, -0.1) is 0 Å². The maximum absolute atomic E-state index is 2.36. The fourth-order valence-corrected chi connectivity index (χ4v) is 2.75. The molecule has 0 nitrogen and oxygen atoms in total. The molecule has 108 valence electrons. The molecule has 3 aromatic carbocycles. The lowest BCUT2D eigenvalue weighted by molar-refractivity contribution is 1.03. The Bertz CT molecular complexity index is 685. The molecule has 0 amide bonds. The first-order valence-electron chi connectivity index (χ1n) is 7.68. The van der Waals surface area contributed by atoms with Gasteiger partial charge in [0.2, 0.25) is 0 Å². The summed E-state index contributed by atoms with van der Waals surface area (Å²) in [6, 6.07) is 31.9. The minimum atomic E-state index is 0.280. The standard InChI is InChI=1S/C22H20/c1-18(19-11-5-2-6-12-19)17-22(20-13-7-3-8-14-20)21-15-9-4-10-16-21/h2-17,22H,1H3/b18-17-. The Balaban J connectivity index is 2.03. The molecule has 0 saturated carbocycles. The second-order valence-electron chi connectivity index (χ2n) is 5.51. The van der Waals surface area contributed by atoms with Crippen LogP contribution in [0.3, 0.4) is 0 Å². The van der Waals surface area contributed by atoms with Crippen molar-refractivity contribution in [3.05, 3.63) is 114 Å². The third-order valence-corrected chi connectivity index (χ3v) is 3.96. The van der Waals surface area contributed by atoms with Gasteiger partial charge in [-0.05, 0) is 29.2 Å². The molecule has 0 fully saturated rings. The van der Waals surface area contributed by atoms with Gasteiger partial charge in [-0.1, -0.05) is 97.1 Å². The molecule has 0 N–H and O–H groups in total. The van der Waals surface area contributed by atoms with Crippen LogP contribution in [0.2, 0.25) is 0 Å². The Morgan fingerprint density at radius 2 is 1.05 bits per heavy atom. The van der Waals surface area contributed by atoms with Crippen molar-refractivity contribution in [1.82, 2.24) is 0 Å². The number of benzene rings is 3. The van der Waals surface area contributed by atoms with Crippen LogP contribution in [0.15, 0.2) is 97.1 Å². The number of hydrogen-bond donors (Lipinski definition) is 0. The van der Waals surface area contributed by atoms with Crippen molar-refractivity contribution < 1.29 is 0 Å². The molecule has 0 saturated heterocycles. The van der Waals surface area contributed by atoms with Crippen molar-refractivity contribution in [2.45, 2.75) is 12.8 Å². The van der Waals surface area contributed by atoms with Crippen LogP contribution >= 0.6 is 0 Å². The van der Waals surface area contributed by atoms with Gasteiger partial charge in [0.25, 0.3) is 0 Å². The normalized spacial score (nSPS) is 11.6. The minimum absolute atomic E-state index is 0.280. The van der Waals surface area contributed by atoms with Crippen molar-refractivity contribution in [3.8, 4) is 0 Å². The van der Waals surface area contributed by atoms with Gasteiger partial charge in [0.05, 0.1) is 0 Å². The van der Waals surface area contributed by atoms with E-state index >= 15 is 0 Å². The Morgan fingerprint density at radius 3 is 1.50 bits per heavy atom. The molecule has 0 spiro atoms. The van der Waals surface area contributed by atoms with E-state index in [4.69, 9.17) is 0 Å². The highest BCUT2D eigenvalue weighted by atomic mass is 14.2. The molecular formula is C22H20. The van der Waals surface area contributed by atoms with Gasteiger partial charge in [-0.25, -0.2) is 0 Å². The third-order valence-electron chi connectivity index (χ3n) is 3.96. The van der Waals surface area contributed by atoms with Crippen LogP contribution in [0.1, 0.15) is 29.5 Å². The Labute approximate surface area is 132 Å². The van der Waals surface area contributed by atoms with Gasteiger partial charge in [0.1, 0.15) is 0 Å². The van der Waals surface area contributed by atoms with Crippen LogP contribution in [0.5, 0.6) is 0 Å². The Kier molecular flexibility index (Phi) is 4.50. The fraction of sp³-hybridized carbons (Fsp3) is 0.0909. The molecule has 0 heteroatoms. The largest absolute Gasteiger partial charge is 0.0691 e. The monoisotopic (exact) mass is 284 g/mol. The molecule has 3 aromatic rings. The van der Waals surface area contributed by atoms with E-state index in [9.17, 15) is 0 Å². The quantitative estimate of drug-likeness (QED) is 0.557. The summed E-state index contributed by atoms with van der Waals surface area (Å²) >= 11 is 0. The molecule has 0 radical (unpaired) electrons. The predicted molar refractivity (Wildman–Crippen MR) is 94.8 cm³/mol. The van der Waals surface area contributed by atoms with Gasteiger partial charge in [0, 0.05) is 5.92 Å². The van der Waals surface area contributed by atoms with E-state index in [0.29, 0.717) is 0 Å². The van der Waals surface area contributed by atoms with Crippen molar-refractivity contribution in [3.63, 3.8) is 0 Å². The van der Waals surface area contributed by atoms with Crippen molar-refractivity contribution in [1.29, 1.82) is 0 Å². The van der Waals surface area contributed by atoms with E-state index in [1.54, 1.807) is 0 Å². The molecule has 0 heterocycles. The van der Waals surface area contributed by atoms with Gasteiger partial charge < -0.3 is 0 Å². The predicted octanol–water partition coefficient (Wildman–Crippen LogP) is 5.92. The van der Waals surface area contributed by atoms with Gasteiger partial charge >= 0.3 is 0 Å². The van der Waals surface area contributed by atoms with E-state index in [2.05, 4.69) is 104 Å². The summed E-state index contributed by atoms with van der Waals surface area (Å²) in [6.07, 6.45) is 2.36. The van der Waals surface area contributed by atoms with Crippen LogP contribution < -0.4 is 0 Å². The van der Waals surface area contributed by atoms with Crippen molar-refractivity contribution in [2.75, 3.05) is 0 Å². The summed E-state index contributed by atoms with van der Waals surface area (Å²) in [7, 11) is 0. The summed E-state index contributed by atoms with van der Waals surface area (Å²) in [5.41, 5.74) is 5.23. The minimum Gasteiger partial charge on any atom is -0.0691 e. The number of rotatable bonds is 4. The maximum Gasteiger partial charge on any atom is 0.0275 e. The molecular weight excluding hydrogens is 264 g/mol. The third kappa shape index (κ3) is 3.35. The van der Waals surface area contributed by atoms with Crippen molar-refractivity contribution in [2.24, 2.45) is 0 Å². The molecule has 3 rings (SSSR count). The number of hydrogen-bond acceptors (Lipinski definition) is 0.